The third-order valence-corrected chi connectivity index (χ3v) is 4.51. The topological polar surface area (TPSA) is 29.1 Å². The van der Waals surface area contributed by atoms with Crippen molar-refractivity contribution in [2.75, 3.05) is 5.32 Å². The second kappa shape index (κ2) is 6.06. The van der Waals surface area contributed by atoms with E-state index >= 15 is 0 Å². The molecule has 0 saturated heterocycles. The van der Waals surface area contributed by atoms with Crippen molar-refractivity contribution in [3.05, 3.63) is 53.9 Å². The Kier molecular flexibility index (Phi) is 3.97. The molecule has 0 aliphatic heterocycles. The molecule has 2 nitrogen and oxygen atoms in total. The van der Waals surface area contributed by atoms with Crippen LogP contribution in [0.3, 0.4) is 0 Å². The van der Waals surface area contributed by atoms with Crippen LogP contribution in [-0.4, -0.2) is 5.91 Å². The summed E-state index contributed by atoms with van der Waals surface area (Å²) in [5, 5.41) is 5.16. The number of carbonyl (C=O) groups is 1. The average Bonchev–Trinajstić information content (AvgIpc) is 3.03. The van der Waals surface area contributed by atoms with Gasteiger partial charge < -0.3 is 5.32 Å². The molecule has 1 unspecified atom stereocenters. The van der Waals surface area contributed by atoms with Crippen molar-refractivity contribution >= 4 is 22.9 Å². The van der Waals surface area contributed by atoms with Crippen LogP contribution < -0.4 is 5.32 Å². The minimum absolute atomic E-state index is 0.108. The van der Waals surface area contributed by atoms with Crippen molar-refractivity contribution in [1.29, 1.82) is 0 Å². The monoisotopic (exact) mass is 283 g/mol. The number of amides is 1. The number of para-hydroxylation sites is 1. The number of rotatable bonds is 3. The molecule has 1 aliphatic rings. The smallest absolute Gasteiger partial charge is 0.227 e. The summed E-state index contributed by atoms with van der Waals surface area (Å²) in [7, 11) is 0. The van der Waals surface area contributed by atoms with Gasteiger partial charge in [-0.05, 0) is 36.8 Å². The van der Waals surface area contributed by atoms with Gasteiger partial charge in [0.25, 0.3) is 0 Å². The molecule has 0 bridgehead atoms. The Morgan fingerprint density at radius 1 is 1.15 bits per heavy atom. The first-order valence-corrected chi connectivity index (χ1v) is 7.81. The highest BCUT2D eigenvalue weighted by Crippen LogP contribution is 2.32. The summed E-state index contributed by atoms with van der Waals surface area (Å²) in [5.41, 5.74) is 2.01. The molecule has 3 rings (SSSR count). The fourth-order valence-corrected chi connectivity index (χ4v) is 3.27. The summed E-state index contributed by atoms with van der Waals surface area (Å²) in [4.78, 5) is 13.5. The quantitative estimate of drug-likeness (QED) is 0.812. The van der Waals surface area contributed by atoms with E-state index in [1.165, 1.54) is 4.88 Å². The van der Waals surface area contributed by atoms with Gasteiger partial charge in [0.05, 0.1) is 0 Å². The molecule has 2 aromatic rings. The molecule has 0 spiro atoms. The maximum atomic E-state index is 12.3. The molecule has 0 fully saturated rings. The van der Waals surface area contributed by atoms with Crippen LogP contribution in [-0.2, 0) is 4.79 Å². The van der Waals surface area contributed by atoms with Gasteiger partial charge in [-0.1, -0.05) is 36.4 Å². The largest absolute Gasteiger partial charge is 0.325 e. The number of thiophene rings is 1. The van der Waals surface area contributed by atoms with E-state index < -0.39 is 0 Å². The first-order chi connectivity index (χ1) is 9.84. The van der Waals surface area contributed by atoms with Gasteiger partial charge in [0.15, 0.2) is 0 Å². The highest BCUT2D eigenvalue weighted by atomic mass is 32.1. The maximum Gasteiger partial charge on any atom is 0.227 e. The number of nitrogens with one attached hydrogen (secondary N) is 1. The van der Waals surface area contributed by atoms with Crippen LogP contribution >= 0.6 is 11.3 Å². The van der Waals surface area contributed by atoms with E-state index in [-0.39, 0.29) is 11.8 Å². The molecule has 1 N–H and O–H groups in total. The minimum atomic E-state index is 0.108. The summed E-state index contributed by atoms with van der Waals surface area (Å²) in [6.45, 7) is 0. The molecule has 1 aromatic heterocycles. The van der Waals surface area contributed by atoms with Gasteiger partial charge in [-0.2, -0.15) is 0 Å². The van der Waals surface area contributed by atoms with Gasteiger partial charge in [-0.25, -0.2) is 0 Å². The standard InChI is InChI=1S/C17H17NOS/c19-17(13-7-2-1-3-8-13)18-15-10-5-4-9-14(15)16-11-6-12-20-16/h1-2,4-6,9-13H,3,7-8H2,(H,18,19). The molecule has 1 amide bonds. The normalized spacial score (nSPS) is 17.9. The van der Waals surface area contributed by atoms with Crippen molar-refractivity contribution in [2.24, 2.45) is 5.92 Å². The lowest BCUT2D eigenvalue weighted by atomic mass is 9.93. The summed E-state index contributed by atoms with van der Waals surface area (Å²) in [5.74, 6) is 0.245. The first kappa shape index (κ1) is 13.1. The molecule has 1 aromatic carbocycles. The second-order valence-electron chi connectivity index (χ2n) is 4.99. The average molecular weight is 283 g/mol. The summed E-state index contributed by atoms with van der Waals surface area (Å²) < 4.78 is 0. The lowest BCUT2D eigenvalue weighted by Crippen LogP contribution is -2.23. The Morgan fingerprint density at radius 2 is 2.05 bits per heavy atom. The van der Waals surface area contributed by atoms with Crippen LogP contribution in [0.4, 0.5) is 5.69 Å². The predicted molar refractivity (Wildman–Crippen MR) is 84.9 cm³/mol. The van der Waals surface area contributed by atoms with E-state index in [9.17, 15) is 4.79 Å². The third kappa shape index (κ3) is 2.83. The maximum absolute atomic E-state index is 12.3. The van der Waals surface area contributed by atoms with Crippen molar-refractivity contribution < 1.29 is 4.79 Å². The zero-order valence-corrected chi connectivity index (χ0v) is 12.0. The Hall–Kier alpha value is -1.87. The molecule has 3 heteroatoms. The number of benzene rings is 1. The SMILES string of the molecule is O=C(Nc1ccccc1-c1cccs1)C1CC=CCC1. The van der Waals surface area contributed by atoms with Crippen molar-refractivity contribution in [2.45, 2.75) is 19.3 Å². The lowest BCUT2D eigenvalue weighted by Gasteiger charge is -2.18. The van der Waals surface area contributed by atoms with E-state index in [4.69, 9.17) is 0 Å². The van der Waals surface area contributed by atoms with Gasteiger partial charge in [-0.3, -0.25) is 4.79 Å². The van der Waals surface area contributed by atoms with Gasteiger partial charge in [-0.15, -0.1) is 11.3 Å². The zero-order chi connectivity index (χ0) is 13.8. The van der Waals surface area contributed by atoms with E-state index in [0.717, 1.165) is 30.5 Å². The van der Waals surface area contributed by atoms with Crippen LogP contribution in [0.1, 0.15) is 19.3 Å². The molecular weight excluding hydrogens is 266 g/mol. The number of hydrogen-bond donors (Lipinski definition) is 1. The molecular formula is C17H17NOS. The highest BCUT2D eigenvalue weighted by molar-refractivity contribution is 7.13. The summed E-state index contributed by atoms with van der Waals surface area (Å²) in [6.07, 6.45) is 7.07. The molecule has 1 atom stereocenters. The number of anilines is 1. The Bertz CT molecular complexity index is 616. The predicted octanol–water partition coefficient (Wildman–Crippen LogP) is 4.71. The lowest BCUT2D eigenvalue weighted by molar-refractivity contribution is -0.120. The van der Waals surface area contributed by atoms with Crippen molar-refractivity contribution in [1.82, 2.24) is 0 Å². The fourth-order valence-electron chi connectivity index (χ4n) is 2.51. The molecule has 1 aliphatic carbocycles. The number of carbonyl (C=O) groups excluding carboxylic acids is 1. The van der Waals surface area contributed by atoms with Crippen LogP contribution in [0.2, 0.25) is 0 Å². The number of hydrogen-bond acceptors (Lipinski definition) is 2. The van der Waals surface area contributed by atoms with Gasteiger partial charge >= 0.3 is 0 Å². The highest BCUT2D eigenvalue weighted by Gasteiger charge is 2.19. The third-order valence-electron chi connectivity index (χ3n) is 3.61. The van der Waals surface area contributed by atoms with E-state index in [1.807, 2.05) is 24.3 Å². The molecule has 102 valence electrons. The first-order valence-electron chi connectivity index (χ1n) is 6.93. The van der Waals surface area contributed by atoms with E-state index in [2.05, 4.69) is 35.0 Å². The van der Waals surface area contributed by atoms with Crippen LogP contribution in [0.5, 0.6) is 0 Å². The van der Waals surface area contributed by atoms with Crippen LogP contribution in [0, 0.1) is 5.92 Å². The number of allylic oxidation sites excluding steroid dienone is 2. The van der Waals surface area contributed by atoms with Gasteiger partial charge in [0.2, 0.25) is 5.91 Å². The summed E-state index contributed by atoms with van der Waals surface area (Å²) >= 11 is 1.69. The van der Waals surface area contributed by atoms with E-state index in [0.29, 0.717) is 0 Å². The molecule has 20 heavy (non-hydrogen) atoms. The molecule has 1 heterocycles. The van der Waals surface area contributed by atoms with Crippen LogP contribution in [0.25, 0.3) is 10.4 Å². The van der Waals surface area contributed by atoms with Gasteiger partial charge in [0.1, 0.15) is 0 Å². The fraction of sp³-hybridized carbons (Fsp3) is 0.235. The van der Waals surface area contributed by atoms with Crippen molar-refractivity contribution in [3.8, 4) is 10.4 Å². The van der Waals surface area contributed by atoms with Crippen LogP contribution in [0.15, 0.2) is 53.9 Å². The van der Waals surface area contributed by atoms with Gasteiger partial charge in [0, 0.05) is 22.0 Å². The Labute approximate surface area is 123 Å². The molecule has 0 saturated carbocycles. The van der Waals surface area contributed by atoms with Crippen molar-refractivity contribution in [3.63, 3.8) is 0 Å². The minimum Gasteiger partial charge on any atom is -0.325 e. The summed E-state index contributed by atoms with van der Waals surface area (Å²) in [6, 6.07) is 12.1. The van der Waals surface area contributed by atoms with E-state index in [1.54, 1.807) is 11.3 Å². The Balaban J connectivity index is 1.81. The Morgan fingerprint density at radius 3 is 2.80 bits per heavy atom. The molecule has 0 radical (unpaired) electrons. The zero-order valence-electron chi connectivity index (χ0n) is 11.2. The second-order valence-corrected chi connectivity index (χ2v) is 5.94.